The zero-order chi connectivity index (χ0) is 20.9. The molecule has 0 aliphatic heterocycles. The Kier molecular flexibility index (Phi) is 6.56. The molecular formula is C21H19BrN2O4S. The van der Waals surface area contributed by atoms with Crippen LogP contribution in [0.5, 0.6) is 0 Å². The van der Waals surface area contributed by atoms with Crippen molar-refractivity contribution in [2.45, 2.75) is 18.4 Å². The molecule has 6 nitrogen and oxygen atoms in total. The summed E-state index contributed by atoms with van der Waals surface area (Å²) in [6.07, 6.45) is -0.665. The molecule has 0 aromatic heterocycles. The molecule has 150 valence electrons. The second-order valence-electron chi connectivity index (χ2n) is 6.28. The lowest BCUT2D eigenvalue weighted by Crippen LogP contribution is -2.16. The average molecular weight is 475 g/mol. The lowest BCUT2D eigenvalue weighted by molar-refractivity contribution is 0.155. The number of rotatable bonds is 6. The smallest absolute Gasteiger partial charge is 0.411 e. The molecule has 1 amide bonds. The summed E-state index contributed by atoms with van der Waals surface area (Å²) in [5.41, 5.74) is 2.17. The summed E-state index contributed by atoms with van der Waals surface area (Å²) in [4.78, 5) is 12.1. The third kappa shape index (κ3) is 5.82. The topological polar surface area (TPSA) is 84.5 Å². The van der Waals surface area contributed by atoms with Crippen molar-refractivity contribution >= 4 is 43.4 Å². The van der Waals surface area contributed by atoms with Crippen molar-refractivity contribution in [1.82, 2.24) is 0 Å². The van der Waals surface area contributed by atoms with Crippen LogP contribution in [0, 0.1) is 6.92 Å². The van der Waals surface area contributed by atoms with E-state index >= 15 is 0 Å². The third-order valence-corrected chi connectivity index (χ3v) is 6.09. The van der Waals surface area contributed by atoms with Crippen LogP contribution < -0.4 is 10.0 Å². The van der Waals surface area contributed by atoms with Crippen molar-refractivity contribution in [2.75, 3.05) is 10.0 Å². The molecule has 0 radical (unpaired) electrons. The van der Waals surface area contributed by atoms with E-state index in [4.69, 9.17) is 4.74 Å². The summed E-state index contributed by atoms with van der Waals surface area (Å²) in [6, 6.07) is 20.7. The Morgan fingerprint density at radius 3 is 2.31 bits per heavy atom. The highest BCUT2D eigenvalue weighted by Crippen LogP contribution is 2.24. The molecule has 0 saturated heterocycles. The van der Waals surface area contributed by atoms with Crippen molar-refractivity contribution in [1.29, 1.82) is 0 Å². The van der Waals surface area contributed by atoms with E-state index in [-0.39, 0.29) is 11.5 Å². The van der Waals surface area contributed by atoms with E-state index < -0.39 is 16.1 Å². The second-order valence-corrected chi connectivity index (χ2v) is 8.85. The summed E-state index contributed by atoms with van der Waals surface area (Å²) in [5, 5.41) is 2.56. The number of hydrogen-bond donors (Lipinski definition) is 2. The van der Waals surface area contributed by atoms with Gasteiger partial charge in [0, 0.05) is 15.8 Å². The molecule has 8 heteroatoms. The highest BCUT2D eigenvalue weighted by atomic mass is 79.9. The first-order chi connectivity index (χ1) is 13.8. The van der Waals surface area contributed by atoms with Crippen LogP contribution >= 0.6 is 15.9 Å². The fraction of sp³-hybridized carbons (Fsp3) is 0.0952. The number of benzene rings is 3. The van der Waals surface area contributed by atoms with E-state index in [1.807, 2.05) is 30.3 Å². The SMILES string of the molecule is Cc1ccc(NC(=O)OCc2ccccc2)cc1S(=O)(=O)Nc1ccc(Br)cc1. The Morgan fingerprint density at radius 1 is 0.966 bits per heavy atom. The Hall–Kier alpha value is -2.84. The Bertz CT molecular complexity index is 1100. The van der Waals surface area contributed by atoms with Gasteiger partial charge in [-0.15, -0.1) is 0 Å². The predicted molar refractivity (Wildman–Crippen MR) is 116 cm³/mol. The largest absolute Gasteiger partial charge is 0.444 e. The van der Waals surface area contributed by atoms with Gasteiger partial charge in [-0.3, -0.25) is 10.0 Å². The molecule has 0 atom stereocenters. The van der Waals surface area contributed by atoms with E-state index in [0.717, 1.165) is 10.0 Å². The molecule has 3 aromatic carbocycles. The van der Waals surface area contributed by atoms with Gasteiger partial charge in [-0.25, -0.2) is 13.2 Å². The summed E-state index contributed by atoms with van der Waals surface area (Å²) in [7, 11) is -3.83. The van der Waals surface area contributed by atoms with Gasteiger partial charge in [0.15, 0.2) is 0 Å². The Labute approximate surface area is 178 Å². The molecule has 0 unspecified atom stereocenters. The fourth-order valence-electron chi connectivity index (χ4n) is 2.57. The molecule has 0 spiro atoms. The van der Waals surface area contributed by atoms with Crippen molar-refractivity contribution in [3.63, 3.8) is 0 Å². The van der Waals surface area contributed by atoms with Gasteiger partial charge in [0.25, 0.3) is 10.0 Å². The first kappa shape index (κ1) is 20.9. The standard InChI is InChI=1S/C21H19BrN2O4S/c1-15-7-10-19(23-21(25)28-14-16-5-3-2-4-6-16)13-20(15)29(26,27)24-18-11-8-17(22)9-12-18/h2-13,24H,14H2,1H3,(H,23,25). The van der Waals surface area contributed by atoms with E-state index in [9.17, 15) is 13.2 Å². The van der Waals surface area contributed by atoms with Crippen LogP contribution in [0.2, 0.25) is 0 Å². The van der Waals surface area contributed by atoms with Gasteiger partial charge in [0.2, 0.25) is 0 Å². The number of anilines is 2. The summed E-state index contributed by atoms with van der Waals surface area (Å²) < 4.78 is 34.1. The highest BCUT2D eigenvalue weighted by molar-refractivity contribution is 9.10. The van der Waals surface area contributed by atoms with E-state index in [1.54, 1.807) is 43.3 Å². The van der Waals surface area contributed by atoms with Crippen LogP contribution in [0.25, 0.3) is 0 Å². The molecule has 3 rings (SSSR count). The van der Waals surface area contributed by atoms with Crippen molar-refractivity contribution in [2.24, 2.45) is 0 Å². The zero-order valence-corrected chi connectivity index (χ0v) is 18.0. The van der Waals surface area contributed by atoms with Crippen LogP contribution in [0.1, 0.15) is 11.1 Å². The summed E-state index contributed by atoms with van der Waals surface area (Å²) in [6.45, 7) is 1.81. The summed E-state index contributed by atoms with van der Waals surface area (Å²) in [5.74, 6) is 0. The number of halogens is 1. The molecule has 0 heterocycles. The minimum atomic E-state index is -3.83. The molecule has 29 heavy (non-hydrogen) atoms. The van der Waals surface area contributed by atoms with Crippen molar-refractivity contribution in [3.8, 4) is 0 Å². The minimum Gasteiger partial charge on any atom is -0.444 e. The third-order valence-electron chi connectivity index (χ3n) is 4.03. The van der Waals surface area contributed by atoms with Crippen LogP contribution in [-0.2, 0) is 21.4 Å². The number of amides is 1. The molecule has 0 fully saturated rings. The zero-order valence-electron chi connectivity index (χ0n) is 15.6. The normalized spacial score (nSPS) is 11.0. The molecular weight excluding hydrogens is 456 g/mol. The molecule has 3 aromatic rings. The molecule has 0 aliphatic carbocycles. The number of ether oxygens (including phenoxy) is 1. The number of nitrogens with one attached hydrogen (secondary N) is 2. The van der Waals surface area contributed by atoms with Crippen LogP contribution in [0.4, 0.5) is 16.2 Å². The molecule has 0 saturated carbocycles. The van der Waals surface area contributed by atoms with Crippen LogP contribution in [-0.4, -0.2) is 14.5 Å². The van der Waals surface area contributed by atoms with E-state index in [0.29, 0.717) is 16.9 Å². The van der Waals surface area contributed by atoms with Gasteiger partial charge in [-0.2, -0.15) is 0 Å². The summed E-state index contributed by atoms with van der Waals surface area (Å²) >= 11 is 3.31. The van der Waals surface area contributed by atoms with E-state index in [1.165, 1.54) is 6.07 Å². The number of aryl methyl sites for hydroxylation is 1. The van der Waals surface area contributed by atoms with Gasteiger partial charge in [0.05, 0.1) is 4.90 Å². The fourth-order valence-corrected chi connectivity index (χ4v) is 4.17. The van der Waals surface area contributed by atoms with Crippen LogP contribution in [0.3, 0.4) is 0 Å². The molecule has 0 aliphatic rings. The lowest BCUT2D eigenvalue weighted by Gasteiger charge is -2.13. The van der Waals surface area contributed by atoms with Crippen molar-refractivity contribution in [3.05, 3.63) is 88.4 Å². The molecule has 0 bridgehead atoms. The Balaban J connectivity index is 1.71. The predicted octanol–water partition coefficient (Wildman–Crippen LogP) is 5.31. The van der Waals surface area contributed by atoms with E-state index in [2.05, 4.69) is 26.0 Å². The number of carbonyl (C=O) groups is 1. The highest BCUT2D eigenvalue weighted by Gasteiger charge is 2.18. The number of carbonyl (C=O) groups excluding carboxylic acids is 1. The number of hydrogen-bond acceptors (Lipinski definition) is 4. The van der Waals surface area contributed by atoms with Gasteiger partial charge in [-0.1, -0.05) is 52.3 Å². The minimum absolute atomic E-state index is 0.0706. The van der Waals surface area contributed by atoms with Gasteiger partial charge >= 0.3 is 6.09 Å². The number of sulfonamides is 1. The first-order valence-corrected chi connectivity index (χ1v) is 11.0. The Morgan fingerprint density at radius 2 is 1.62 bits per heavy atom. The van der Waals surface area contributed by atoms with Gasteiger partial charge < -0.3 is 4.74 Å². The quantitative estimate of drug-likeness (QED) is 0.506. The van der Waals surface area contributed by atoms with Gasteiger partial charge in [-0.05, 0) is 54.4 Å². The van der Waals surface area contributed by atoms with Crippen molar-refractivity contribution < 1.29 is 17.9 Å². The van der Waals surface area contributed by atoms with Crippen LogP contribution in [0.15, 0.2) is 82.2 Å². The maximum absolute atomic E-state index is 12.8. The maximum atomic E-state index is 12.8. The maximum Gasteiger partial charge on any atom is 0.411 e. The first-order valence-electron chi connectivity index (χ1n) is 8.70. The monoisotopic (exact) mass is 474 g/mol. The lowest BCUT2D eigenvalue weighted by atomic mass is 10.2. The second kappa shape index (κ2) is 9.11. The van der Waals surface area contributed by atoms with Gasteiger partial charge in [0.1, 0.15) is 6.61 Å². The molecule has 2 N–H and O–H groups in total. The average Bonchev–Trinajstić information content (AvgIpc) is 2.70.